The maximum atomic E-state index is 12.9. The second-order valence-electron chi connectivity index (χ2n) is 4.83. The van der Waals surface area contributed by atoms with Gasteiger partial charge in [0.1, 0.15) is 5.82 Å². The Balaban J connectivity index is 2.00. The zero-order valence-corrected chi connectivity index (χ0v) is 10.4. The van der Waals surface area contributed by atoms with Crippen molar-refractivity contribution in [2.75, 3.05) is 0 Å². The standard InChI is InChI=1S/C14H15FN2O/c1-9-7-10(2)18-14-8-13(16-17(9)14)11-3-5-12(15)6-4-11/h3-6,8-10H,7H2,1-2H3. The highest BCUT2D eigenvalue weighted by Crippen LogP contribution is 2.32. The zero-order chi connectivity index (χ0) is 12.7. The summed E-state index contributed by atoms with van der Waals surface area (Å²) in [6, 6.07) is 8.61. The van der Waals surface area contributed by atoms with E-state index in [2.05, 4.69) is 18.9 Å². The lowest BCUT2D eigenvalue weighted by Gasteiger charge is -2.26. The maximum Gasteiger partial charge on any atom is 0.212 e. The Kier molecular flexibility index (Phi) is 2.58. The van der Waals surface area contributed by atoms with Gasteiger partial charge in [0.15, 0.2) is 0 Å². The van der Waals surface area contributed by atoms with Crippen LogP contribution in [0.4, 0.5) is 4.39 Å². The third kappa shape index (κ3) is 1.88. The van der Waals surface area contributed by atoms with Crippen molar-refractivity contribution < 1.29 is 9.13 Å². The predicted octanol–water partition coefficient (Wildman–Crippen LogP) is 3.42. The molecule has 0 bridgehead atoms. The Hall–Kier alpha value is -1.84. The van der Waals surface area contributed by atoms with Crippen molar-refractivity contribution in [3.8, 4) is 17.1 Å². The molecule has 1 aliphatic heterocycles. The molecule has 94 valence electrons. The second-order valence-corrected chi connectivity index (χ2v) is 4.83. The number of fused-ring (bicyclic) bond motifs is 1. The summed E-state index contributed by atoms with van der Waals surface area (Å²) in [5.41, 5.74) is 1.73. The Bertz CT molecular complexity index is 562. The highest BCUT2D eigenvalue weighted by molar-refractivity contribution is 5.60. The summed E-state index contributed by atoms with van der Waals surface area (Å²) >= 11 is 0. The number of benzene rings is 1. The van der Waals surface area contributed by atoms with Crippen LogP contribution < -0.4 is 4.74 Å². The first kappa shape index (κ1) is 11.3. The second kappa shape index (κ2) is 4.12. The van der Waals surface area contributed by atoms with Crippen LogP contribution in [-0.2, 0) is 0 Å². The predicted molar refractivity (Wildman–Crippen MR) is 67.0 cm³/mol. The molecule has 2 heterocycles. The Morgan fingerprint density at radius 3 is 2.72 bits per heavy atom. The van der Waals surface area contributed by atoms with E-state index in [4.69, 9.17) is 4.74 Å². The highest BCUT2D eigenvalue weighted by Gasteiger charge is 2.24. The van der Waals surface area contributed by atoms with E-state index in [9.17, 15) is 4.39 Å². The molecule has 0 N–H and O–H groups in total. The minimum atomic E-state index is -0.235. The van der Waals surface area contributed by atoms with Gasteiger partial charge in [-0.1, -0.05) is 0 Å². The first-order valence-corrected chi connectivity index (χ1v) is 6.15. The van der Waals surface area contributed by atoms with Crippen LogP contribution in [0.25, 0.3) is 11.3 Å². The van der Waals surface area contributed by atoms with E-state index in [1.807, 2.05) is 10.7 Å². The van der Waals surface area contributed by atoms with Gasteiger partial charge in [-0.15, -0.1) is 0 Å². The van der Waals surface area contributed by atoms with Gasteiger partial charge >= 0.3 is 0 Å². The molecular weight excluding hydrogens is 231 g/mol. The molecule has 0 aliphatic carbocycles. The number of hydrogen-bond acceptors (Lipinski definition) is 2. The summed E-state index contributed by atoms with van der Waals surface area (Å²) in [4.78, 5) is 0. The van der Waals surface area contributed by atoms with Crippen LogP contribution in [0.5, 0.6) is 5.88 Å². The summed E-state index contributed by atoms with van der Waals surface area (Å²) < 4.78 is 20.5. The summed E-state index contributed by atoms with van der Waals surface area (Å²) in [7, 11) is 0. The molecule has 0 saturated carbocycles. The lowest BCUT2D eigenvalue weighted by atomic mass is 10.1. The SMILES string of the molecule is CC1CC(C)n2nc(-c3ccc(F)cc3)cc2O1. The molecule has 3 nitrogen and oxygen atoms in total. The fourth-order valence-electron chi connectivity index (χ4n) is 2.38. The minimum Gasteiger partial charge on any atom is -0.475 e. The van der Waals surface area contributed by atoms with E-state index >= 15 is 0 Å². The fraction of sp³-hybridized carbons (Fsp3) is 0.357. The van der Waals surface area contributed by atoms with Crippen LogP contribution in [0, 0.1) is 5.82 Å². The van der Waals surface area contributed by atoms with Gasteiger partial charge in [-0.3, -0.25) is 0 Å². The first-order chi connectivity index (χ1) is 8.63. The molecular formula is C14H15FN2O. The normalized spacial score (nSPS) is 22.4. The molecule has 0 fully saturated rings. The summed E-state index contributed by atoms with van der Waals surface area (Å²) in [5, 5.41) is 4.54. The molecule has 1 aromatic carbocycles. The van der Waals surface area contributed by atoms with Crippen molar-refractivity contribution in [3.63, 3.8) is 0 Å². The molecule has 1 aromatic heterocycles. The maximum absolute atomic E-state index is 12.9. The zero-order valence-electron chi connectivity index (χ0n) is 10.4. The van der Waals surface area contributed by atoms with Gasteiger partial charge in [0, 0.05) is 18.1 Å². The Morgan fingerprint density at radius 2 is 2.00 bits per heavy atom. The van der Waals surface area contributed by atoms with E-state index in [0.717, 1.165) is 23.6 Å². The highest BCUT2D eigenvalue weighted by atomic mass is 19.1. The van der Waals surface area contributed by atoms with Crippen molar-refractivity contribution in [2.45, 2.75) is 32.4 Å². The molecule has 0 amide bonds. The molecule has 4 heteroatoms. The number of nitrogens with zero attached hydrogens (tertiary/aromatic N) is 2. The number of halogens is 1. The molecule has 0 saturated heterocycles. The number of hydrogen-bond donors (Lipinski definition) is 0. The van der Waals surface area contributed by atoms with E-state index in [0.29, 0.717) is 6.04 Å². The van der Waals surface area contributed by atoms with Gasteiger partial charge in [-0.2, -0.15) is 5.10 Å². The lowest BCUT2D eigenvalue weighted by Crippen LogP contribution is -2.26. The van der Waals surface area contributed by atoms with Crippen molar-refractivity contribution in [1.29, 1.82) is 0 Å². The van der Waals surface area contributed by atoms with Crippen LogP contribution in [0.2, 0.25) is 0 Å². The summed E-state index contributed by atoms with van der Waals surface area (Å²) in [6.07, 6.45) is 1.17. The third-order valence-corrected chi connectivity index (χ3v) is 3.25. The van der Waals surface area contributed by atoms with Gasteiger partial charge in [0.25, 0.3) is 0 Å². The monoisotopic (exact) mass is 246 g/mol. The summed E-state index contributed by atoms with van der Waals surface area (Å²) in [5.74, 6) is 0.557. The Morgan fingerprint density at radius 1 is 1.28 bits per heavy atom. The fourth-order valence-corrected chi connectivity index (χ4v) is 2.38. The van der Waals surface area contributed by atoms with Gasteiger partial charge in [-0.25, -0.2) is 9.07 Å². The van der Waals surface area contributed by atoms with E-state index < -0.39 is 0 Å². The minimum absolute atomic E-state index is 0.213. The van der Waals surface area contributed by atoms with E-state index in [1.54, 1.807) is 12.1 Å². The van der Waals surface area contributed by atoms with Gasteiger partial charge < -0.3 is 4.74 Å². The first-order valence-electron chi connectivity index (χ1n) is 6.15. The van der Waals surface area contributed by atoms with Crippen LogP contribution >= 0.6 is 0 Å². The van der Waals surface area contributed by atoms with Crippen LogP contribution in [0.1, 0.15) is 26.3 Å². The summed E-state index contributed by atoms with van der Waals surface area (Å²) in [6.45, 7) is 4.19. The van der Waals surface area contributed by atoms with Crippen LogP contribution in [0.15, 0.2) is 30.3 Å². The van der Waals surface area contributed by atoms with Crippen LogP contribution in [-0.4, -0.2) is 15.9 Å². The largest absolute Gasteiger partial charge is 0.475 e. The van der Waals surface area contributed by atoms with E-state index in [-0.39, 0.29) is 11.9 Å². The van der Waals surface area contributed by atoms with Gasteiger partial charge in [0.2, 0.25) is 5.88 Å². The number of ether oxygens (including phenoxy) is 1. The molecule has 1 aliphatic rings. The molecule has 3 rings (SSSR count). The van der Waals surface area contributed by atoms with Gasteiger partial charge in [0.05, 0.1) is 17.8 Å². The van der Waals surface area contributed by atoms with Crippen molar-refractivity contribution in [1.82, 2.24) is 9.78 Å². The van der Waals surface area contributed by atoms with Crippen LogP contribution in [0.3, 0.4) is 0 Å². The van der Waals surface area contributed by atoms with E-state index in [1.165, 1.54) is 12.1 Å². The number of aromatic nitrogens is 2. The average molecular weight is 246 g/mol. The molecule has 2 aromatic rings. The quantitative estimate of drug-likeness (QED) is 0.771. The molecule has 2 unspecified atom stereocenters. The molecule has 18 heavy (non-hydrogen) atoms. The smallest absolute Gasteiger partial charge is 0.212 e. The number of rotatable bonds is 1. The molecule has 2 atom stereocenters. The molecule has 0 radical (unpaired) electrons. The lowest BCUT2D eigenvalue weighted by molar-refractivity contribution is 0.127. The average Bonchev–Trinajstić information content (AvgIpc) is 2.74. The van der Waals surface area contributed by atoms with Crippen molar-refractivity contribution in [2.24, 2.45) is 0 Å². The van der Waals surface area contributed by atoms with Crippen molar-refractivity contribution >= 4 is 0 Å². The van der Waals surface area contributed by atoms with Crippen molar-refractivity contribution in [3.05, 3.63) is 36.1 Å². The molecule has 0 spiro atoms. The third-order valence-electron chi connectivity index (χ3n) is 3.25. The van der Waals surface area contributed by atoms with Gasteiger partial charge in [-0.05, 0) is 38.1 Å². The topological polar surface area (TPSA) is 27.1 Å². The Labute approximate surface area is 105 Å².